The van der Waals surface area contributed by atoms with E-state index in [0.29, 0.717) is 28.1 Å². The van der Waals surface area contributed by atoms with E-state index in [-0.39, 0.29) is 23.2 Å². The number of carbonyl (C=O) groups excluding carboxylic acids is 1. The molecule has 1 atom stereocenters. The lowest BCUT2D eigenvalue weighted by molar-refractivity contribution is -0.123. The molecule has 35 heavy (non-hydrogen) atoms. The van der Waals surface area contributed by atoms with Crippen molar-refractivity contribution in [3.8, 4) is 0 Å². The third-order valence-electron chi connectivity index (χ3n) is 6.09. The second-order valence-corrected chi connectivity index (χ2v) is 13.2. The number of carbonyl (C=O) groups is 1. The van der Waals surface area contributed by atoms with Crippen molar-refractivity contribution in [1.29, 1.82) is 0 Å². The third kappa shape index (κ3) is 4.90. The first-order chi connectivity index (χ1) is 16.9. The predicted octanol–water partition coefficient (Wildman–Crippen LogP) is 5.94. The molecule has 1 aliphatic heterocycles. The van der Waals surface area contributed by atoms with E-state index < -0.39 is 16.1 Å². The molecule has 3 aromatic heterocycles. The summed E-state index contributed by atoms with van der Waals surface area (Å²) >= 11 is 8.45. The minimum atomic E-state index is -3.87. The van der Waals surface area contributed by atoms with Gasteiger partial charge in [-0.3, -0.25) is 9.69 Å². The summed E-state index contributed by atoms with van der Waals surface area (Å²) in [5.41, 5.74) is 2.00. The van der Waals surface area contributed by atoms with Crippen LogP contribution < -0.4 is 4.90 Å². The molecule has 0 N–H and O–H groups in total. The van der Waals surface area contributed by atoms with Crippen LogP contribution >= 0.6 is 34.3 Å². The largest absolute Gasteiger partial charge is 0.467 e. The molecule has 5 rings (SSSR count). The van der Waals surface area contributed by atoms with Crippen LogP contribution in [0.2, 0.25) is 4.34 Å². The topological polar surface area (TPSA) is 83.7 Å². The van der Waals surface area contributed by atoms with Crippen LogP contribution in [-0.4, -0.2) is 36.2 Å². The molecule has 1 saturated heterocycles. The number of aryl methyl sites for hydroxylation is 1. The van der Waals surface area contributed by atoms with E-state index in [0.717, 1.165) is 34.4 Å². The van der Waals surface area contributed by atoms with Gasteiger partial charge < -0.3 is 4.42 Å². The van der Waals surface area contributed by atoms with Gasteiger partial charge in [0.25, 0.3) is 10.0 Å². The van der Waals surface area contributed by atoms with Crippen molar-refractivity contribution in [2.45, 2.75) is 49.4 Å². The van der Waals surface area contributed by atoms with Crippen LogP contribution in [0, 0.1) is 0 Å². The highest BCUT2D eigenvalue weighted by molar-refractivity contribution is 7.91. The summed E-state index contributed by atoms with van der Waals surface area (Å²) in [4.78, 5) is 20.3. The number of benzene rings is 1. The SMILES string of the molecule is CCc1ccc2nc(N(Cc3ccco3)C(=O)C3CCCCN3S(=O)(=O)c3ccc(Cl)s3)sc2c1. The van der Waals surface area contributed by atoms with E-state index in [2.05, 4.69) is 13.0 Å². The molecule has 1 aliphatic rings. The average Bonchev–Trinajstić information content (AvgIpc) is 3.62. The van der Waals surface area contributed by atoms with Gasteiger partial charge in [-0.25, -0.2) is 13.4 Å². The number of piperidine rings is 1. The van der Waals surface area contributed by atoms with Gasteiger partial charge in [-0.15, -0.1) is 11.3 Å². The van der Waals surface area contributed by atoms with Crippen molar-refractivity contribution in [3.05, 3.63) is 64.4 Å². The molecule has 0 bridgehead atoms. The minimum Gasteiger partial charge on any atom is -0.467 e. The Hall–Kier alpha value is -2.24. The molecule has 1 fully saturated rings. The highest BCUT2D eigenvalue weighted by atomic mass is 35.5. The summed E-state index contributed by atoms with van der Waals surface area (Å²) in [6.07, 6.45) is 4.36. The predicted molar refractivity (Wildman–Crippen MR) is 140 cm³/mol. The molecule has 0 aliphatic carbocycles. The number of amides is 1. The summed E-state index contributed by atoms with van der Waals surface area (Å²) < 4.78 is 35.3. The normalized spacial score (nSPS) is 17.1. The maximum Gasteiger partial charge on any atom is 0.253 e. The highest BCUT2D eigenvalue weighted by Crippen LogP contribution is 2.35. The Bertz CT molecular complexity index is 1450. The molecule has 7 nitrogen and oxygen atoms in total. The highest BCUT2D eigenvalue weighted by Gasteiger charge is 2.41. The summed E-state index contributed by atoms with van der Waals surface area (Å²) in [6, 6.07) is 11.9. The lowest BCUT2D eigenvalue weighted by atomic mass is 10.0. The third-order valence-corrected chi connectivity index (χ3v) is 10.7. The molecule has 1 aromatic carbocycles. The van der Waals surface area contributed by atoms with Crippen molar-refractivity contribution < 1.29 is 17.6 Å². The molecule has 0 radical (unpaired) electrons. The van der Waals surface area contributed by atoms with E-state index in [1.165, 1.54) is 27.3 Å². The van der Waals surface area contributed by atoms with Crippen LogP contribution in [0.5, 0.6) is 0 Å². The monoisotopic (exact) mass is 549 g/mol. The Labute approximate surface area is 217 Å². The molecular formula is C24H24ClN3O4S3. The number of hydrogen-bond donors (Lipinski definition) is 0. The quantitative estimate of drug-likeness (QED) is 0.285. The standard InChI is InChI=1S/C24H24ClN3O4S3/c1-2-16-8-9-18-20(14-16)33-24(26-18)27(15-17-6-5-13-32-17)23(29)19-7-3-4-12-28(19)35(30,31)22-11-10-21(25)34-22/h5-6,8-11,13-14,19H,2-4,7,12,15H2,1H3. The number of aromatic nitrogens is 1. The maximum absolute atomic E-state index is 14.0. The first kappa shape index (κ1) is 24.5. The van der Waals surface area contributed by atoms with E-state index >= 15 is 0 Å². The Balaban J connectivity index is 1.53. The lowest BCUT2D eigenvalue weighted by Crippen LogP contribution is -2.52. The fourth-order valence-corrected chi connectivity index (χ4v) is 8.56. The van der Waals surface area contributed by atoms with Gasteiger partial charge in [-0.2, -0.15) is 4.31 Å². The number of nitrogens with zero attached hydrogens (tertiary/aromatic N) is 3. The Morgan fingerprint density at radius 2 is 2.09 bits per heavy atom. The summed E-state index contributed by atoms with van der Waals surface area (Å²) in [5.74, 6) is 0.296. The molecule has 1 amide bonds. The lowest BCUT2D eigenvalue weighted by Gasteiger charge is -2.35. The molecule has 184 valence electrons. The van der Waals surface area contributed by atoms with Gasteiger partial charge in [-0.05, 0) is 61.2 Å². The fraction of sp³-hybridized carbons (Fsp3) is 0.333. The summed E-state index contributed by atoms with van der Waals surface area (Å²) in [5, 5.41) is 0.525. The van der Waals surface area contributed by atoms with Crippen molar-refractivity contribution in [3.63, 3.8) is 0 Å². The van der Waals surface area contributed by atoms with E-state index in [1.54, 1.807) is 29.4 Å². The molecule has 1 unspecified atom stereocenters. The number of thiazole rings is 1. The van der Waals surface area contributed by atoms with Crippen LogP contribution in [0.1, 0.15) is 37.5 Å². The molecule has 0 spiro atoms. The van der Waals surface area contributed by atoms with Gasteiger partial charge in [0.15, 0.2) is 5.13 Å². The second-order valence-electron chi connectivity index (χ2n) is 8.34. The summed E-state index contributed by atoms with van der Waals surface area (Å²) in [7, 11) is -3.87. The van der Waals surface area contributed by atoms with Crippen LogP contribution in [0.4, 0.5) is 5.13 Å². The van der Waals surface area contributed by atoms with Crippen LogP contribution in [-0.2, 0) is 27.8 Å². The van der Waals surface area contributed by atoms with Crippen molar-refractivity contribution in [2.24, 2.45) is 0 Å². The molecule has 4 aromatic rings. The Morgan fingerprint density at radius 1 is 1.23 bits per heavy atom. The van der Waals surface area contributed by atoms with Crippen LogP contribution in [0.25, 0.3) is 10.2 Å². The number of halogens is 1. The van der Waals surface area contributed by atoms with Gasteiger partial charge in [0.05, 0.1) is 27.4 Å². The fourth-order valence-electron chi connectivity index (χ4n) is 4.26. The summed E-state index contributed by atoms with van der Waals surface area (Å²) in [6.45, 7) is 2.54. The van der Waals surface area contributed by atoms with Crippen LogP contribution in [0.15, 0.2) is 57.4 Å². The zero-order valence-electron chi connectivity index (χ0n) is 19.0. The number of anilines is 1. The van der Waals surface area contributed by atoms with Gasteiger partial charge in [0.1, 0.15) is 16.0 Å². The van der Waals surface area contributed by atoms with Crippen molar-refractivity contribution in [1.82, 2.24) is 9.29 Å². The molecule has 0 saturated carbocycles. The zero-order valence-corrected chi connectivity index (χ0v) is 22.2. The first-order valence-corrected chi connectivity index (χ1v) is 14.8. The molecular weight excluding hydrogens is 526 g/mol. The average molecular weight is 550 g/mol. The molecule has 4 heterocycles. The second kappa shape index (κ2) is 10.0. The number of rotatable bonds is 7. The number of hydrogen-bond acceptors (Lipinski definition) is 7. The van der Waals surface area contributed by atoms with Gasteiger partial charge in [-0.1, -0.05) is 42.3 Å². The van der Waals surface area contributed by atoms with Crippen molar-refractivity contribution >= 4 is 65.6 Å². The van der Waals surface area contributed by atoms with E-state index in [9.17, 15) is 13.2 Å². The number of fused-ring (bicyclic) bond motifs is 1. The number of furan rings is 1. The van der Waals surface area contributed by atoms with Gasteiger partial charge in [0.2, 0.25) is 5.91 Å². The van der Waals surface area contributed by atoms with E-state index in [4.69, 9.17) is 21.0 Å². The first-order valence-electron chi connectivity index (χ1n) is 11.4. The van der Waals surface area contributed by atoms with Gasteiger partial charge in [0, 0.05) is 6.54 Å². The smallest absolute Gasteiger partial charge is 0.253 e. The maximum atomic E-state index is 14.0. The minimum absolute atomic E-state index is 0.145. The number of thiophene rings is 1. The van der Waals surface area contributed by atoms with Crippen molar-refractivity contribution in [2.75, 3.05) is 11.4 Å². The van der Waals surface area contributed by atoms with Crippen LogP contribution in [0.3, 0.4) is 0 Å². The Morgan fingerprint density at radius 3 is 2.80 bits per heavy atom. The Kier molecular flexibility index (Phi) is 7.00. The molecule has 11 heteroatoms. The van der Waals surface area contributed by atoms with Gasteiger partial charge >= 0.3 is 0 Å². The number of sulfonamides is 1. The van der Waals surface area contributed by atoms with E-state index in [1.807, 2.05) is 12.1 Å². The zero-order chi connectivity index (χ0) is 24.6.